The van der Waals surface area contributed by atoms with E-state index in [4.69, 9.17) is 0 Å². The number of ketones is 1. The Morgan fingerprint density at radius 1 is 1.16 bits per heavy atom. The van der Waals surface area contributed by atoms with Crippen LogP contribution in [0.1, 0.15) is 10.4 Å². The Morgan fingerprint density at radius 2 is 1.95 bits per heavy atom. The maximum absolute atomic E-state index is 11.5. The second kappa shape index (κ2) is 4.93. The Bertz CT molecular complexity index is 734. The number of aromatic nitrogens is 3. The number of fused-ring (bicyclic) bond motifs is 1. The third-order valence-corrected chi connectivity index (χ3v) is 3.40. The molecule has 2 aromatic heterocycles. The van der Waals surface area contributed by atoms with Crippen LogP contribution in [-0.2, 0) is 0 Å². The maximum Gasteiger partial charge on any atom is 0.173 e. The van der Waals surface area contributed by atoms with E-state index < -0.39 is 0 Å². The number of alkyl halides is 1. The van der Waals surface area contributed by atoms with Crippen LogP contribution in [0.4, 0.5) is 0 Å². The number of hydrogen-bond donors (Lipinski definition) is 0. The molecule has 94 valence electrons. The van der Waals surface area contributed by atoms with Gasteiger partial charge < -0.3 is 0 Å². The fourth-order valence-electron chi connectivity index (χ4n) is 1.92. The SMILES string of the molecule is O=C(CBr)c1ccc(-n2cnc3cccnc32)cc1. The summed E-state index contributed by atoms with van der Waals surface area (Å²) in [5.74, 6) is 0.0696. The monoisotopic (exact) mass is 315 g/mol. The van der Waals surface area contributed by atoms with E-state index in [-0.39, 0.29) is 5.78 Å². The van der Waals surface area contributed by atoms with E-state index in [9.17, 15) is 4.79 Å². The summed E-state index contributed by atoms with van der Waals surface area (Å²) in [5.41, 5.74) is 3.29. The molecule has 0 aliphatic rings. The summed E-state index contributed by atoms with van der Waals surface area (Å²) < 4.78 is 1.90. The first-order valence-corrected chi connectivity index (χ1v) is 6.89. The van der Waals surface area contributed by atoms with Crippen molar-refractivity contribution in [3.05, 3.63) is 54.5 Å². The number of rotatable bonds is 3. The van der Waals surface area contributed by atoms with Gasteiger partial charge in [0, 0.05) is 17.4 Å². The van der Waals surface area contributed by atoms with Crippen molar-refractivity contribution in [1.82, 2.24) is 14.5 Å². The zero-order valence-electron chi connectivity index (χ0n) is 9.95. The van der Waals surface area contributed by atoms with Gasteiger partial charge in [-0.3, -0.25) is 9.36 Å². The average molecular weight is 316 g/mol. The van der Waals surface area contributed by atoms with E-state index in [1.165, 1.54) is 0 Å². The van der Waals surface area contributed by atoms with E-state index in [1.807, 2.05) is 41.0 Å². The number of nitrogens with zero attached hydrogens (tertiary/aromatic N) is 3. The number of carbonyl (C=O) groups excluding carboxylic acids is 1. The molecule has 0 radical (unpaired) electrons. The molecule has 5 heteroatoms. The van der Waals surface area contributed by atoms with E-state index in [0.717, 1.165) is 16.9 Å². The van der Waals surface area contributed by atoms with E-state index in [0.29, 0.717) is 10.9 Å². The number of hydrogen-bond acceptors (Lipinski definition) is 3. The Hall–Kier alpha value is -2.01. The molecule has 1 aromatic carbocycles. The molecule has 0 aliphatic carbocycles. The number of halogens is 1. The van der Waals surface area contributed by atoms with Gasteiger partial charge in [0.1, 0.15) is 11.8 Å². The van der Waals surface area contributed by atoms with Gasteiger partial charge in [0.25, 0.3) is 0 Å². The molecule has 3 aromatic rings. The number of carbonyl (C=O) groups is 1. The maximum atomic E-state index is 11.5. The number of Topliss-reactive ketones (excluding diaryl/α,β-unsaturated/α-hetero) is 1. The van der Waals surface area contributed by atoms with Gasteiger partial charge in [0.2, 0.25) is 0 Å². The van der Waals surface area contributed by atoms with Crippen LogP contribution < -0.4 is 0 Å². The topological polar surface area (TPSA) is 47.8 Å². The molecule has 0 fully saturated rings. The minimum Gasteiger partial charge on any atom is -0.293 e. The van der Waals surface area contributed by atoms with Gasteiger partial charge >= 0.3 is 0 Å². The Kier molecular flexibility index (Phi) is 3.13. The van der Waals surface area contributed by atoms with Crippen molar-refractivity contribution >= 4 is 32.9 Å². The number of pyridine rings is 1. The Morgan fingerprint density at radius 3 is 2.68 bits per heavy atom. The van der Waals surface area contributed by atoms with Crippen molar-refractivity contribution in [3.8, 4) is 5.69 Å². The van der Waals surface area contributed by atoms with Crippen molar-refractivity contribution in [1.29, 1.82) is 0 Å². The zero-order chi connectivity index (χ0) is 13.2. The zero-order valence-corrected chi connectivity index (χ0v) is 11.5. The molecule has 0 saturated carbocycles. The third-order valence-electron chi connectivity index (χ3n) is 2.90. The van der Waals surface area contributed by atoms with Crippen LogP contribution in [0.15, 0.2) is 48.9 Å². The minimum atomic E-state index is 0.0696. The van der Waals surface area contributed by atoms with Crippen LogP contribution in [0.25, 0.3) is 16.9 Å². The Balaban J connectivity index is 2.05. The first-order chi connectivity index (χ1) is 9.29. The Labute approximate surface area is 118 Å². The third kappa shape index (κ3) is 2.17. The van der Waals surface area contributed by atoms with E-state index in [1.54, 1.807) is 12.5 Å². The molecule has 0 atom stereocenters. The van der Waals surface area contributed by atoms with E-state index in [2.05, 4.69) is 25.9 Å². The molecular weight excluding hydrogens is 306 g/mol. The fraction of sp³-hybridized carbons (Fsp3) is 0.0714. The highest BCUT2D eigenvalue weighted by Crippen LogP contribution is 2.16. The van der Waals surface area contributed by atoms with Gasteiger partial charge in [0.15, 0.2) is 11.4 Å². The molecule has 0 unspecified atom stereocenters. The number of imidazole rings is 1. The van der Waals surface area contributed by atoms with Gasteiger partial charge in [-0.05, 0) is 36.4 Å². The summed E-state index contributed by atoms with van der Waals surface area (Å²) in [4.78, 5) is 20.2. The summed E-state index contributed by atoms with van der Waals surface area (Å²) >= 11 is 3.17. The highest BCUT2D eigenvalue weighted by Gasteiger charge is 2.07. The van der Waals surface area contributed by atoms with E-state index >= 15 is 0 Å². The lowest BCUT2D eigenvalue weighted by Gasteiger charge is -2.04. The molecular formula is C14H10BrN3O. The predicted octanol–water partition coefficient (Wildman–Crippen LogP) is 3.00. The van der Waals surface area contributed by atoms with Gasteiger partial charge in [-0.2, -0.15) is 0 Å². The van der Waals surface area contributed by atoms with Gasteiger partial charge in [-0.25, -0.2) is 9.97 Å². The molecule has 0 amide bonds. The standard InChI is InChI=1S/C14H10BrN3O/c15-8-13(19)10-3-5-11(6-4-10)18-9-17-12-2-1-7-16-14(12)18/h1-7,9H,8H2. The summed E-state index contributed by atoms with van der Waals surface area (Å²) in [5, 5.41) is 0.335. The molecule has 0 bridgehead atoms. The predicted molar refractivity (Wildman–Crippen MR) is 77.0 cm³/mol. The smallest absolute Gasteiger partial charge is 0.173 e. The van der Waals surface area contributed by atoms with Gasteiger partial charge in [-0.1, -0.05) is 15.9 Å². The lowest BCUT2D eigenvalue weighted by atomic mass is 10.1. The number of benzene rings is 1. The molecule has 0 N–H and O–H groups in total. The van der Waals surface area contributed by atoms with Crippen molar-refractivity contribution in [2.24, 2.45) is 0 Å². The second-order valence-electron chi connectivity index (χ2n) is 4.06. The second-order valence-corrected chi connectivity index (χ2v) is 4.63. The van der Waals surface area contributed by atoms with Crippen LogP contribution >= 0.6 is 15.9 Å². The summed E-state index contributed by atoms with van der Waals surface area (Å²) in [6, 6.07) is 11.2. The molecule has 19 heavy (non-hydrogen) atoms. The van der Waals surface area contributed by atoms with Crippen molar-refractivity contribution in [3.63, 3.8) is 0 Å². The van der Waals surface area contributed by atoms with Crippen molar-refractivity contribution < 1.29 is 4.79 Å². The van der Waals surface area contributed by atoms with Crippen molar-refractivity contribution in [2.75, 3.05) is 5.33 Å². The van der Waals surface area contributed by atoms with Crippen LogP contribution in [0, 0.1) is 0 Å². The molecule has 4 nitrogen and oxygen atoms in total. The molecule has 0 spiro atoms. The summed E-state index contributed by atoms with van der Waals surface area (Å²) in [6.07, 6.45) is 3.47. The van der Waals surface area contributed by atoms with Crippen LogP contribution in [0.3, 0.4) is 0 Å². The average Bonchev–Trinajstić information content (AvgIpc) is 2.90. The first kappa shape index (κ1) is 12.0. The summed E-state index contributed by atoms with van der Waals surface area (Å²) in [7, 11) is 0. The molecule has 0 saturated heterocycles. The molecule has 0 aliphatic heterocycles. The normalized spacial score (nSPS) is 10.8. The van der Waals surface area contributed by atoms with Gasteiger partial charge in [-0.15, -0.1) is 0 Å². The van der Waals surface area contributed by atoms with Crippen LogP contribution in [0.2, 0.25) is 0 Å². The lowest BCUT2D eigenvalue weighted by Crippen LogP contribution is -2.00. The quantitative estimate of drug-likeness (QED) is 0.551. The minimum absolute atomic E-state index is 0.0696. The van der Waals surface area contributed by atoms with Gasteiger partial charge in [0.05, 0.1) is 5.33 Å². The lowest BCUT2D eigenvalue weighted by molar-refractivity contribution is 0.102. The largest absolute Gasteiger partial charge is 0.293 e. The first-order valence-electron chi connectivity index (χ1n) is 5.77. The molecule has 2 heterocycles. The van der Waals surface area contributed by atoms with Crippen LogP contribution in [-0.4, -0.2) is 25.6 Å². The van der Waals surface area contributed by atoms with Crippen LogP contribution in [0.5, 0.6) is 0 Å². The van der Waals surface area contributed by atoms with Crippen molar-refractivity contribution in [2.45, 2.75) is 0 Å². The summed E-state index contributed by atoms with van der Waals surface area (Å²) in [6.45, 7) is 0. The molecule has 3 rings (SSSR count). The highest BCUT2D eigenvalue weighted by molar-refractivity contribution is 9.09. The fourth-order valence-corrected chi connectivity index (χ4v) is 2.25. The highest BCUT2D eigenvalue weighted by atomic mass is 79.9.